The highest BCUT2D eigenvalue weighted by Gasteiger charge is 2.22. The Morgan fingerprint density at radius 3 is 2.28 bits per heavy atom. The summed E-state index contributed by atoms with van der Waals surface area (Å²) in [6.45, 7) is 14.2. The zero-order chi connectivity index (χ0) is 27.4. The minimum atomic E-state index is -0.115. The van der Waals surface area contributed by atoms with Crippen molar-refractivity contribution in [3.05, 3.63) is 101 Å². The molecular formula is C33H39N5O. The quantitative estimate of drug-likeness (QED) is 0.302. The molecule has 1 aromatic heterocycles. The van der Waals surface area contributed by atoms with E-state index in [1.807, 2.05) is 37.3 Å². The minimum Gasteiger partial charge on any atom is -0.369 e. The number of benzene rings is 3. The van der Waals surface area contributed by atoms with Crippen molar-refractivity contribution < 1.29 is 4.79 Å². The Kier molecular flexibility index (Phi) is 8.13. The van der Waals surface area contributed by atoms with Gasteiger partial charge < -0.3 is 10.2 Å². The van der Waals surface area contributed by atoms with Crippen molar-refractivity contribution in [2.75, 3.05) is 44.2 Å². The lowest BCUT2D eigenvalue weighted by molar-refractivity contribution is 0.0946. The number of carbonyl (C=O) groups excluding carboxylic acids is 1. The Morgan fingerprint density at radius 1 is 0.846 bits per heavy atom. The van der Waals surface area contributed by atoms with Crippen molar-refractivity contribution in [3.63, 3.8) is 0 Å². The Bertz CT molecular complexity index is 1420. The van der Waals surface area contributed by atoms with E-state index in [9.17, 15) is 4.79 Å². The molecular weight excluding hydrogens is 482 g/mol. The monoisotopic (exact) mass is 521 g/mol. The maximum Gasteiger partial charge on any atom is 0.271 e. The van der Waals surface area contributed by atoms with Gasteiger partial charge >= 0.3 is 0 Å². The van der Waals surface area contributed by atoms with Gasteiger partial charge in [0.2, 0.25) is 0 Å². The fourth-order valence-corrected chi connectivity index (χ4v) is 5.39. The molecule has 1 aliphatic heterocycles. The zero-order valence-corrected chi connectivity index (χ0v) is 23.6. The van der Waals surface area contributed by atoms with Gasteiger partial charge in [-0.05, 0) is 70.0 Å². The number of piperazine rings is 1. The molecule has 2 heterocycles. The topological polar surface area (TPSA) is 53.4 Å². The molecule has 1 amide bonds. The summed E-state index contributed by atoms with van der Waals surface area (Å²) in [5, 5.41) is 3.13. The molecule has 1 saturated heterocycles. The molecule has 3 aromatic carbocycles. The van der Waals surface area contributed by atoms with Crippen molar-refractivity contribution in [1.82, 2.24) is 19.8 Å². The van der Waals surface area contributed by atoms with E-state index in [-0.39, 0.29) is 5.91 Å². The fraction of sp³-hybridized carbons (Fsp3) is 0.333. The van der Waals surface area contributed by atoms with Crippen LogP contribution in [-0.4, -0.2) is 59.6 Å². The molecule has 1 fully saturated rings. The van der Waals surface area contributed by atoms with Gasteiger partial charge in [0, 0.05) is 49.7 Å². The number of carbonyl (C=O) groups is 1. The van der Waals surface area contributed by atoms with Gasteiger partial charge in [0.1, 0.15) is 11.5 Å². The second-order valence-electron chi connectivity index (χ2n) is 10.6. The number of aromatic nitrogens is 2. The van der Waals surface area contributed by atoms with E-state index in [0.29, 0.717) is 12.2 Å². The van der Waals surface area contributed by atoms with E-state index in [0.717, 1.165) is 61.9 Å². The van der Waals surface area contributed by atoms with E-state index in [1.165, 1.54) is 22.4 Å². The molecule has 0 bridgehead atoms. The van der Waals surface area contributed by atoms with E-state index in [4.69, 9.17) is 4.98 Å². The average Bonchev–Trinajstić information content (AvgIpc) is 3.31. The molecule has 0 unspecified atom stereocenters. The number of aryl methyl sites for hydroxylation is 2. The second kappa shape index (κ2) is 11.9. The standard InChI is InChI=1S/C33H39N5O/c1-24-14-16-29(17-15-24)38-27(4)31(35-32(38)28-11-6-5-7-12-28)33(39)34-18-9-19-36-20-22-37(23-21-36)30-13-8-10-25(2)26(30)3/h5-8,10-17H,9,18-23H2,1-4H3,(H,34,39). The summed E-state index contributed by atoms with van der Waals surface area (Å²) < 4.78 is 2.08. The highest BCUT2D eigenvalue weighted by Crippen LogP contribution is 2.27. The first-order valence-corrected chi connectivity index (χ1v) is 14.0. The lowest BCUT2D eigenvalue weighted by Gasteiger charge is -2.37. The van der Waals surface area contributed by atoms with Crippen molar-refractivity contribution in [3.8, 4) is 17.1 Å². The predicted octanol–water partition coefficient (Wildman–Crippen LogP) is 5.72. The van der Waals surface area contributed by atoms with E-state index < -0.39 is 0 Å². The van der Waals surface area contributed by atoms with Gasteiger partial charge in [-0.15, -0.1) is 0 Å². The highest BCUT2D eigenvalue weighted by molar-refractivity contribution is 5.94. The first-order chi connectivity index (χ1) is 18.9. The largest absolute Gasteiger partial charge is 0.369 e. The van der Waals surface area contributed by atoms with Crippen LogP contribution in [0, 0.1) is 27.7 Å². The molecule has 0 spiro atoms. The van der Waals surface area contributed by atoms with Crippen LogP contribution in [0.15, 0.2) is 72.8 Å². The Balaban J connectivity index is 1.19. The summed E-state index contributed by atoms with van der Waals surface area (Å²) in [6, 6.07) is 25.0. The normalized spacial score (nSPS) is 14.0. The number of hydrogen-bond acceptors (Lipinski definition) is 4. The van der Waals surface area contributed by atoms with Crippen molar-refractivity contribution >= 4 is 11.6 Å². The van der Waals surface area contributed by atoms with Crippen molar-refractivity contribution in [2.45, 2.75) is 34.1 Å². The van der Waals surface area contributed by atoms with Crippen LogP contribution in [0.3, 0.4) is 0 Å². The summed E-state index contributed by atoms with van der Waals surface area (Å²) in [7, 11) is 0. The van der Waals surface area contributed by atoms with Gasteiger partial charge in [-0.3, -0.25) is 14.3 Å². The van der Waals surface area contributed by atoms with Gasteiger partial charge in [-0.2, -0.15) is 0 Å². The van der Waals surface area contributed by atoms with Crippen LogP contribution in [-0.2, 0) is 0 Å². The third kappa shape index (κ3) is 5.91. The Morgan fingerprint density at radius 2 is 1.56 bits per heavy atom. The number of amides is 1. The number of nitrogens with one attached hydrogen (secondary N) is 1. The first kappa shape index (κ1) is 26.7. The Hall–Kier alpha value is -3.90. The summed E-state index contributed by atoms with van der Waals surface area (Å²) in [4.78, 5) is 23.1. The lowest BCUT2D eigenvalue weighted by atomic mass is 10.1. The smallest absolute Gasteiger partial charge is 0.271 e. The summed E-state index contributed by atoms with van der Waals surface area (Å²) >= 11 is 0. The number of hydrogen-bond donors (Lipinski definition) is 1. The molecule has 4 aromatic rings. The molecule has 39 heavy (non-hydrogen) atoms. The molecule has 202 valence electrons. The van der Waals surface area contributed by atoms with Crippen molar-refractivity contribution in [2.24, 2.45) is 0 Å². The van der Waals surface area contributed by atoms with Gasteiger partial charge in [0.25, 0.3) is 5.91 Å². The summed E-state index contributed by atoms with van der Waals surface area (Å²) in [6.07, 6.45) is 0.915. The third-order valence-electron chi connectivity index (χ3n) is 7.87. The lowest BCUT2D eigenvalue weighted by Crippen LogP contribution is -2.47. The molecule has 0 aliphatic carbocycles. The van der Waals surface area contributed by atoms with E-state index in [1.54, 1.807) is 0 Å². The zero-order valence-electron chi connectivity index (χ0n) is 23.6. The van der Waals surface area contributed by atoms with Crippen LogP contribution in [0.2, 0.25) is 0 Å². The number of anilines is 1. The van der Waals surface area contributed by atoms with Crippen LogP contribution in [0.25, 0.3) is 17.1 Å². The van der Waals surface area contributed by atoms with Crippen LogP contribution in [0.5, 0.6) is 0 Å². The van der Waals surface area contributed by atoms with Gasteiger partial charge in [-0.25, -0.2) is 4.98 Å². The number of nitrogens with zero attached hydrogens (tertiary/aromatic N) is 4. The number of rotatable bonds is 8. The first-order valence-electron chi connectivity index (χ1n) is 14.0. The molecule has 0 saturated carbocycles. The molecule has 6 heteroatoms. The highest BCUT2D eigenvalue weighted by atomic mass is 16.1. The van der Waals surface area contributed by atoms with Crippen molar-refractivity contribution in [1.29, 1.82) is 0 Å². The maximum atomic E-state index is 13.3. The molecule has 6 nitrogen and oxygen atoms in total. The molecule has 1 N–H and O–H groups in total. The maximum absolute atomic E-state index is 13.3. The molecule has 1 aliphatic rings. The number of imidazole rings is 1. The predicted molar refractivity (Wildman–Crippen MR) is 160 cm³/mol. The van der Waals surface area contributed by atoms with Crippen LogP contribution in [0.4, 0.5) is 5.69 Å². The van der Waals surface area contributed by atoms with E-state index in [2.05, 4.69) is 82.9 Å². The minimum absolute atomic E-state index is 0.115. The van der Waals surface area contributed by atoms with Gasteiger partial charge in [-0.1, -0.05) is 60.2 Å². The molecule has 0 radical (unpaired) electrons. The Labute approximate surface area is 232 Å². The molecule has 0 atom stereocenters. The molecule has 5 rings (SSSR count). The van der Waals surface area contributed by atoms with Crippen LogP contribution in [0.1, 0.15) is 39.3 Å². The summed E-state index contributed by atoms with van der Waals surface area (Å²) in [5.41, 5.74) is 8.60. The van der Waals surface area contributed by atoms with Crippen LogP contribution >= 0.6 is 0 Å². The SMILES string of the molecule is Cc1ccc(-n2c(-c3ccccc3)nc(C(=O)NCCCN3CCN(c4cccc(C)c4C)CC3)c2C)cc1. The van der Waals surface area contributed by atoms with Gasteiger partial charge in [0.15, 0.2) is 0 Å². The van der Waals surface area contributed by atoms with E-state index >= 15 is 0 Å². The summed E-state index contributed by atoms with van der Waals surface area (Å²) in [5.74, 6) is 0.666. The average molecular weight is 522 g/mol. The van der Waals surface area contributed by atoms with Gasteiger partial charge in [0.05, 0.1) is 5.69 Å². The third-order valence-corrected chi connectivity index (χ3v) is 7.87. The fourth-order valence-electron chi connectivity index (χ4n) is 5.39. The van der Waals surface area contributed by atoms with Crippen LogP contribution < -0.4 is 10.2 Å². The second-order valence-corrected chi connectivity index (χ2v) is 10.6.